The molecule has 0 bridgehead atoms. The first kappa shape index (κ1) is 15.1. The molecule has 2 aromatic rings. The summed E-state index contributed by atoms with van der Waals surface area (Å²) in [5.41, 5.74) is 2.41. The van der Waals surface area contributed by atoms with Gasteiger partial charge in [-0.15, -0.1) is 11.3 Å². The van der Waals surface area contributed by atoms with Crippen molar-refractivity contribution in [3.05, 3.63) is 33.3 Å². The Morgan fingerprint density at radius 3 is 2.80 bits per heavy atom. The highest BCUT2D eigenvalue weighted by Crippen LogP contribution is 2.21. The molecule has 20 heavy (non-hydrogen) atoms. The minimum Gasteiger partial charge on any atom is -0.385 e. The fourth-order valence-electron chi connectivity index (χ4n) is 2.14. The van der Waals surface area contributed by atoms with Crippen molar-refractivity contribution in [1.29, 1.82) is 0 Å². The zero-order chi connectivity index (χ0) is 14.5. The number of thiophene rings is 1. The van der Waals surface area contributed by atoms with E-state index in [1.54, 1.807) is 7.11 Å². The van der Waals surface area contributed by atoms with Gasteiger partial charge in [-0.1, -0.05) is 0 Å². The van der Waals surface area contributed by atoms with Crippen LogP contribution in [0.2, 0.25) is 0 Å². The normalized spacial score (nSPS) is 11.0. The molecule has 0 unspecified atom stereocenters. The SMILES string of the molecule is COCCCn1cc(C)nc1NCc1cc(C)c(C)s1. The molecule has 0 atom stereocenters. The Morgan fingerprint density at radius 2 is 2.15 bits per heavy atom. The number of rotatable bonds is 7. The van der Waals surface area contributed by atoms with Crippen molar-refractivity contribution in [1.82, 2.24) is 9.55 Å². The van der Waals surface area contributed by atoms with Crippen LogP contribution >= 0.6 is 11.3 Å². The molecule has 2 rings (SSSR count). The molecule has 0 aromatic carbocycles. The minimum atomic E-state index is 0.778. The molecular weight excluding hydrogens is 270 g/mol. The van der Waals surface area contributed by atoms with Gasteiger partial charge in [0.25, 0.3) is 0 Å². The topological polar surface area (TPSA) is 39.1 Å². The molecule has 4 nitrogen and oxygen atoms in total. The first-order valence-electron chi connectivity index (χ1n) is 6.92. The minimum absolute atomic E-state index is 0.778. The first-order valence-corrected chi connectivity index (χ1v) is 7.74. The number of methoxy groups -OCH3 is 1. The molecule has 2 aromatic heterocycles. The molecule has 0 aliphatic heterocycles. The van der Waals surface area contributed by atoms with Gasteiger partial charge in [0.2, 0.25) is 5.95 Å². The molecule has 0 spiro atoms. The van der Waals surface area contributed by atoms with Crippen LogP contribution in [-0.4, -0.2) is 23.3 Å². The lowest BCUT2D eigenvalue weighted by molar-refractivity contribution is 0.190. The number of nitrogens with one attached hydrogen (secondary N) is 1. The van der Waals surface area contributed by atoms with E-state index >= 15 is 0 Å². The third-order valence-electron chi connectivity index (χ3n) is 3.28. The maximum atomic E-state index is 5.10. The van der Waals surface area contributed by atoms with E-state index in [0.29, 0.717) is 0 Å². The molecule has 110 valence electrons. The van der Waals surface area contributed by atoms with Gasteiger partial charge in [-0.25, -0.2) is 4.98 Å². The second kappa shape index (κ2) is 6.90. The van der Waals surface area contributed by atoms with E-state index in [-0.39, 0.29) is 0 Å². The maximum absolute atomic E-state index is 5.10. The van der Waals surface area contributed by atoms with Crippen molar-refractivity contribution in [2.45, 2.75) is 40.3 Å². The van der Waals surface area contributed by atoms with Crippen LogP contribution in [0, 0.1) is 20.8 Å². The molecule has 0 saturated heterocycles. The van der Waals surface area contributed by atoms with E-state index in [1.165, 1.54) is 15.3 Å². The van der Waals surface area contributed by atoms with E-state index in [4.69, 9.17) is 4.74 Å². The third-order valence-corrected chi connectivity index (χ3v) is 4.43. The molecule has 0 radical (unpaired) electrons. The molecule has 1 N–H and O–H groups in total. The van der Waals surface area contributed by atoms with Crippen molar-refractivity contribution in [2.75, 3.05) is 19.0 Å². The number of ether oxygens (including phenoxy) is 1. The third kappa shape index (κ3) is 3.84. The number of hydrogen-bond acceptors (Lipinski definition) is 4. The van der Waals surface area contributed by atoms with E-state index < -0.39 is 0 Å². The lowest BCUT2D eigenvalue weighted by Gasteiger charge is -2.08. The van der Waals surface area contributed by atoms with Gasteiger partial charge in [-0.2, -0.15) is 0 Å². The highest BCUT2D eigenvalue weighted by atomic mass is 32.1. The van der Waals surface area contributed by atoms with E-state index in [2.05, 4.69) is 41.0 Å². The van der Waals surface area contributed by atoms with Crippen LogP contribution < -0.4 is 5.32 Å². The predicted octanol–water partition coefficient (Wildman–Crippen LogP) is 3.52. The van der Waals surface area contributed by atoms with Crippen molar-refractivity contribution < 1.29 is 4.74 Å². The summed E-state index contributed by atoms with van der Waals surface area (Å²) in [7, 11) is 1.74. The summed E-state index contributed by atoms with van der Waals surface area (Å²) in [6.45, 7) is 8.89. The second-order valence-electron chi connectivity index (χ2n) is 5.05. The van der Waals surface area contributed by atoms with Gasteiger partial charge in [-0.3, -0.25) is 0 Å². The molecule has 0 fully saturated rings. The number of imidazole rings is 1. The predicted molar refractivity (Wildman–Crippen MR) is 84.6 cm³/mol. The molecule has 0 amide bonds. The Kier molecular flexibility index (Phi) is 5.20. The first-order chi connectivity index (χ1) is 9.60. The average molecular weight is 293 g/mol. The Bertz CT molecular complexity index is 540. The number of anilines is 1. The van der Waals surface area contributed by atoms with E-state index in [1.807, 2.05) is 18.3 Å². The average Bonchev–Trinajstić information content (AvgIpc) is 2.91. The summed E-state index contributed by atoms with van der Waals surface area (Å²) in [5, 5.41) is 3.44. The smallest absolute Gasteiger partial charge is 0.203 e. The monoisotopic (exact) mass is 293 g/mol. The van der Waals surface area contributed by atoms with Crippen molar-refractivity contribution in [3.63, 3.8) is 0 Å². The number of hydrogen-bond donors (Lipinski definition) is 1. The van der Waals surface area contributed by atoms with Crippen LogP contribution in [0.3, 0.4) is 0 Å². The van der Waals surface area contributed by atoms with Crippen LogP contribution in [0.25, 0.3) is 0 Å². The van der Waals surface area contributed by atoms with Crippen molar-refractivity contribution in [2.24, 2.45) is 0 Å². The van der Waals surface area contributed by atoms with Gasteiger partial charge in [0, 0.05) is 36.2 Å². The van der Waals surface area contributed by atoms with Crippen molar-refractivity contribution in [3.8, 4) is 0 Å². The standard InChI is InChI=1S/C15H23N3OS/c1-11-8-14(20-13(11)3)9-16-15-17-12(2)10-18(15)6-5-7-19-4/h8,10H,5-7,9H2,1-4H3,(H,16,17). The number of aryl methyl sites for hydroxylation is 4. The molecule has 0 aliphatic rings. The van der Waals surface area contributed by atoms with Crippen LogP contribution in [0.15, 0.2) is 12.3 Å². The summed E-state index contributed by atoms with van der Waals surface area (Å²) in [6.07, 6.45) is 3.08. The summed E-state index contributed by atoms with van der Waals surface area (Å²) < 4.78 is 7.27. The van der Waals surface area contributed by atoms with Crippen LogP contribution in [0.4, 0.5) is 5.95 Å². The van der Waals surface area contributed by atoms with Gasteiger partial charge < -0.3 is 14.6 Å². The molecule has 0 aliphatic carbocycles. The Balaban J connectivity index is 1.97. The highest BCUT2D eigenvalue weighted by molar-refractivity contribution is 7.12. The number of nitrogens with zero attached hydrogens (tertiary/aromatic N) is 2. The fourth-order valence-corrected chi connectivity index (χ4v) is 3.13. The quantitative estimate of drug-likeness (QED) is 0.794. The second-order valence-corrected chi connectivity index (χ2v) is 6.39. The van der Waals surface area contributed by atoms with Gasteiger partial charge in [-0.05, 0) is 38.8 Å². The van der Waals surface area contributed by atoms with Gasteiger partial charge >= 0.3 is 0 Å². The van der Waals surface area contributed by atoms with E-state index in [9.17, 15) is 0 Å². The zero-order valence-electron chi connectivity index (χ0n) is 12.7. The summed E-state index contributed by atoms with van der Waals surface area (Å²) >= 11 is 1.85. The summed E-state index contributed by atoms with van der Waals surface area (Å²) in [5.74, 6) is 0.947. The Hall–Kier alpha value is -1.33. The van der Waals surface area contributed by atoms with Crippen LogP contribution in [0.1, 0.15) is 27.4 Å². The largest absolute Gasteiger partial charge is 0.385 e. The summed E-state index contributed by atoms with van der Waals surface area (Å²) in [6, 6.07) is 2.25. The molecule has 5 heteroatoms. The van der Waals surface area contributed by atoms with E-state index in [0.717, 1.165) is 37.8 Å². The van der Waals surface area contributed by atoms with Gasteiger partial charge in [0.15, 0.2) is 0 Å². The number of aromatic nitrogens is 2. The fraction of sp³-hybridized carbons (Fsp3) is 0.533. The Labute approximate surface area is 124 Å². The summed E-state index contributed by atoms with van der Waals surface area (Å²) in [4.78, 5) is 7.29. The van der Waals surface area contributed by atoms with Gasteiger partial charge in [0.05, 0.1) is 12.2 Å². The molecular formula is C15H23N3OS. The lowest BCUT2D eigenvalue weighted by atomic mass is 10.3. The molecule has 2 heterocycles. The van der Waals surface area contributed by atoms with Crippen LogP contribution in [-0.2, 0) is 17.8 Å². The Morgan fingerprint density at radius 1 is 1.35 bits per heavy atom. The lowest BCUT2D eigenvalue weighted by Crippen LogP contribution is -2.08. The van der Waals surface area contributed by atoms with Crippen LogP contribution in [0.5, 0.6) is 0 Å². The molecule has 0 saturated carbocycles. The van der Waals surface area contributed by atoms with Gasteiger partial charge in [0.1, 0.15) is 0 Å². The highest BCUT2D eigenvalue weighted by Gasteiger charge is 2.07. The maximum Gasteiger partial charge on any atom is 0.203 e. The zero-order valence-corrected chi connectivity index (χ0v) is 13.5. The van der Waals surface area contributed by atoms with Crippen molar-refractivity contribution >= 4 is 17.3 Å².